The normalized spacial score (nSPS) is 5.71. The SMILES string of the molecule is [B].[Cu].c1cc[nH]c1. The van der Waals surface area contributed by atoms with Gasteiger partial charge in [0.05, 0.1) is 0 Å². The van der Waals surface area contributed by atoms with Crippen LogP contribution in [0.3, 0.4) is 0 Å². The Hall–Kier alpha value is -0.136. The Morgan fingerprint density at radius 2 is 1.43 bits per heavy atom. The molecule has 0 atom stereocenters. The average Bonchev–Trinajstić information content (AvgIpc) is 1.76. The van der Waals surface area contributed by atoms with Gasteiger partial charge in [-0.15, -0.1) is 0 Å². The van der Waals surface area contributed by atoms with Gasteiger partial charge in [0.15, 0.2) is 0 Å². The van der Waals surface area contributed by atoms with Gasteiger partial charge in [0.1, 0.15) is 0 Å². The van der Waals surface area contributed by atoms with Crippen molar-refractivity contribution >= 4 is 8.41 Å². The summed E-state index contributed by atoms with van der Waals surface area (Å²) in [6.07, 6.45) is 3.75. The third-order valence-corrected chi connectivity index (χ3v) is 0.496. The molecule has 1 heterocycles. The van der Waals surface area contributed by atoms with Gasteiger partial charge in [-0.2, -0.15) is 0 Å². The molecule has 3 heteroatoms. The molecule has 1 rings (SSSR count). The Balaban J connectivity index is 0. The van der Waals surface area contributed by atoms with E-state index in [1.54, 1.807) is 0 Å². The number of hydrogen-bond acceptors (Lipinski definition) is 0. The van der Waals surface area contributed by atoms with Crippen molar-refractivity contribution in [1.29, 1.82) is 0 Å². The monoisotopic (exact) mass is 141 g/mol. The standard InChI is InChI=1S/C4H5N.B.Cu/c1-2-4-5-3-1;;/h1-5H;;. The molecule has 4 radical (unpaired) electrons. The Bertz CT molecular complexity index is 68.2. The molecule has 0 saturated heterocycles. The second-order valence-corrected chi connectivity index (χ2v) is 0.885. The summed E-state index contributed by atoms with van der Waals surface area (Å²) in [5.41, 5.74) is 0. The number of aromatic nitrogens is 1. The molecular formula is C4H5BCuN. The van der Waals surface area contributed by atoms with Crippen molar-refractivity contribution in [2.24, 2.45) is 0 Å². The molecule has 1 aromatic heterocycles. The smallest absolute Gasteiger partial charge is 0.000496 e. The predicted octanol–water partition coefficient (Wildman–Crippen LogP) is 0.631. The summed E-state index contributed by atoms with van der Waals surface area (Å²) in [6.45, 7) is 0. The van der Waals surface area contributed by atoms with Crippen molar-refractivity contribution in [3.8, 4) is 0 Å². The fourth-order valence-electron chi connectivity index (χ4n) is 0.278. The van der Waals surface area contributed by atoms with Gasteiger partial charge in [0.2, 0.25) is 0 Å². The maximum Gasteiger partial charge on any atom is 0.000496 e. The number of nitrogens with one attached hydrogen (secondary N) is 1. The first kappa shape index (κ1) is 9.98. The van der Waals surface area contributed by atoms with Crippen LogP contribution in [0.15, 0.2) is 24.5 Å². The summed E-state index contributed by atoms with van der Waals surface area (Å²) in [5.74, 6) is 0. The Labute approximate surface area is 55.6 Å². The Morgan fingerprint density at radius 1 is 1.00 bits per heavy atom. The zero-order chi connectivity index (χ0) is 3.54. The van der Waals surface area contributed by atoms with Crippen LogP contribution < -0.4 is 0 Å². The molecule has 0 aromatic carbocycles. The molecule has 0 fully saturated rings. The maximum atomic E-state index is 2.86. The van der Waals surface area contributed by atoms with Crippen LogP contribution in [0, 0.1) is 0 Å². The quantitative estimate of drug-likeness (QED) is 0.510. The van der Waals surface area contributed by atoms with Crippen molar-refractivity contribution in [2.45, 2.75) is 0 Å². The molecule has 1 N–H and O–H groups in total. The van der Waals surface area contributed by atoms with Crippen molar-refractivity contribution in [3.63, 3.8) is 0 Å². The average molecular weight is 141 g/mol. The third kappa shape index (κ3) is 3.70. The number of H-pyrrole nitrogens is 1. The number of hydrogen-bond donors (Lipinski definition) is 1. The minimum absolute atomic E-state index is 0. The molecule has 0 saturated carbocycles. The van der Waals surface area contributed by atoms with Crippen LogP contribution in [0.2, 0.25) is 0 Å². The van der Waals surface area contributed by atoms with Gasteiger partial charge in [0, 0.05) is 37.9 Å². The van der Waals surface area contributed by atoms with E-state index in [1.807, 2.05) is 24.5 Å². The van der Waals surface area contributed by atoms with Gasteiger partial charge in [-0.25, -0.2) is 0 Å². The minimum Gasteiger partial charge on any atom is -0.368 e. The van der Waals surface area contributed by atoms with E-state index in [1.165, 1.54) is 0 Å². The third-order valence-electron chi connectivity index (χ3n) is 0.496. The topological polar surface area (TPSA) is 15.8 Å². The van der Waals surface area contributed by atoms with Crippen molar-refractivity contribution in [1.82, 2.24) is 4.98 Å². The van der Waals surface area contributed by atoms with E-state index < -0.39 is 0 Å². The summed E-state index contributed by atoms with van der Waals surface area (Å²) < 4.78 is 0. The first-order chi connectivity index (χ1) is 2.50. The maximum absolute atomic E-state index is 2.86. The van der Waals surface area contributed by atoms with Crippen LogP contribution in [0.5, 0.6) is 0 Å². The molecule has 0 unspecified atom stereocenters. The second-order valence-electron chi connectivity index (χ2n) is 0.885. The molecule has 0 bridgehead atoms. The van der Waals surface area contributed by atoms with Crippen LogP contribution in [0.4, 0.5) is 0 Å². The van der Waals surface area contributed by atoms with Crippen LogP contribution >= 0.6 is 0 Å². The summed E-state index contributed by atoms with van der Waals surface area (Å²) >= 11 is 0. The largest absolute Gasteiger partial charge is 0.368 e. The van der Waals surface area contributed by atoms with Gasteiger partial charge in [-0.3, -0.25) is 0 Å². The van der Waals surface area contributed by atoms with E-state index in [0.29, 0.717) is 0 Å². The van der Waals surface area contributed by atoms with E-state index >= 15 is 0 Å². The fourth-order valence-corrected chi connectivity index (χ4v) is 0.278. The van der Waals surface area contributed by atoms with E-state index in [2.05, 4.69) is 4.98 Å². The summed E-state index contributed by atoms with van der Waals surface area (Å²) in [5, 5.41) is 0. The van der Waals surface area contributed by atoms with E-state index in [0.717, 1.165) is 0 Å². The Morgan fingerprint density at radius 3 is 1.57 bits per heavy atom. The molecule has 1 nitrogen and oxygen atoms in total. The molecule has 40 valence electrons. The molecule has 0 amide bonds. The Kier molecular flexibility index (Phi) is 8.36. The van der Waals surface area contributed by atoms with Crippen LogP contribution in [0.1, 0.15) is 0 Å². The van der Waals surface area contributed by atoms with E-state index in [4.69, 9.17) is 0 Å². The molecular weight excluding hydrogens is 136 g/mol. The van der Waals surface area contributed by atoms with Crippen LogP contribution in [-0.2, 0) is 17.1 Å². The molecule has 0 aliphatic rings. The van der Waals surface area contributed by atoms with E-state index in [-0.39, 0.29) is 25.5 Å². The van der Waals surface area contributed by atoms with Gasteiger partial charge in [0.25, 0.3) is 0 Å². The predicted molar refractivity (Wildman–Crippen MR) is 26.5 cm³/mol. The van der Waals surface area contributed by atoms with Gasteiger partial charge >= 0.3 is 0 Å². The second kappa shape index (κ2) is 5.86. The molecule has 0 spiro atoms. The number of rotatable bonds is 0. The zero-order valence-corrected chi connectivity index (χ0v) is 4.63. The molecule has 7 heavy (non-hydrogen) atoms. The summed E-state index contributed by atoms with van der Waals surface area (Å²) in [6, 6.07) is 3.89. The van der Waals surface area contributed by atoms with E-state index in [9.17, 15) is 0 Å². The molecule has 0 aliphatic heterocycles. The number of aromatic amines is 1. The van der Waals surface area contributed by atoms with Gasteiger partial charge in [-0.1, -0.05) is 0 Å². The van der Waals surface area contributed by atoms with Crippen LogP contribution in [0.25, 0.3) is 0 Å². The summed E-state index contributed by atoms with van der Waals surface area (Å²) in [7, 11) is 0. The zero-order valence-electron chi connectivity index (χ0n) is 3.69. The van der Waals surface area contributed by atoms with Gasteiger partial charge in [-0.05, 0) is 12.1 Å². The van der Waals surface area contributed by atoms with Crippen molar-refractivity contribution < 1.29 is 17.1 Å². The summed E-state index contributed by atoms with van der Waals surface area (Å²) in [4.78, 5) is 2.86. The molecule has 0 aliphatic carbocycles. The van der Waals surface area contributed by atoms with Crippen LogP contribution in [-0.4, -0.2) is 13.4 Å². The first-order valence-electron chi connectivity index (χ1n) is 1.58. The minimum atomic E-state index is 0. The van der Waals surface area contributed by atoms with Gasteiger partial charge < -0.3 is 4.98 Å². The van der Waals surface area contributed by atoms with Crippen molar-refractivity contribution in [3.05, 3.63) is 24.5 Å². The molecule has 1 aromatic rings. The van der Waals surface area contributed by atoms with Crippen molar-refractivity contribution in [2.75, 3.05) is 0 Å². The fraction of sp³-hybridized carbons (Fsp3) is 0. The first-order valence-corrected chi connectivity index (χ1v) is 1.58.